The quantitative estimate of drug-likeness (QED) is 0.592. The second-order valence-corrected chi connectivity index (χ2v) is 6.89. The lowest BCUT2D eigenvalue weighted by molar-refractivity contribution is -0.134. The molecule has 1 amide bonds. The highest BCUT2D eigenvalue weighted by Gasteiger charge is 2.32. The van der Waals surface area contributed by atoms with Crippen molar-refractivity contribution >= 4 is 5.91 Å². The Kier molecular flexibility index (Phi) is 5.78. The number of hydrogen-bond donors (Lipinski definition) is 0. The van der Waals surface area contributed by atoms with E-state index < -0.39 is 0 Å². The van der Waals surface area contributed by atoms with Crippen molar-refractivity contribution in [3.05, 3.63) is 54.4 Å². The number of benzene rings is 2. The van der Waals surface area contributed by atoms with Gasteiger partial charge >= 0.3 is 0 Å². The van der Waals surface area contributed by atoms with Gasteiger partial charge in [-0.3, -0.25) is 4.79 Å². The van der Waals surface area contributed by atoms with Gasteiger partial charge in [0.2, 0.25) is 0 Å². The number of hydrogen-bond acceptors (Lipinski definition) is 7. The number of carbonyl (C=O) groups excluding carboxylic acids is 1. The molecule has 0 N–H and O–H groups in total. The average molecular weight is 409 g/mol. The first-order chi connectivity index (χ1) is 14.7. The predicted molar refractivity (Wildman–Crippen MR) is 108 cm³/mol. The van der Waals surface area contributed by atoms with E-state index in [9.17, 15) is 4.79 Å². The van der Waals surface area contributed by atoms with Crippen molar-refractivity contribution in [2.45, 2.75) is 18.9 Å². The van der Waals surface area contributed by atoms with Crippen LogP contribution in [-0.2, 0) is 4.79 Å². The van der Waals surface area contributed by atoms with Gasteiger partial charge in [-0.05, 0) is 53.6 Å². The van der Waals surface area contributed by atoms with Crippen LogP contribution in [0.2, 0.25) is 0 Å². The van der Waals surface area contributed by atoms with Gasteiger partial charge in [-0.1, -0.05) is 6.07 Å². The largest absolute Gasteiger partial charge is 0.497 e. The topological polar surface area (TPSA) is 91.6 Å². The standard InChI is InChI=1S/C21H23N5O4/c1-28-16-8-9-20(29-2)18(12-16)19-7-4-10-25(19)21(27)13-30-17-6-3-5-15(11-17)26-14-22-23-24-26/h3,5-6,8-9,11-12,14,19H,4,7,10,13H2,1-2H3/t19-/m0/s1. The minimum atomic E-state index is -0.0739. The molecule has 3 aromatic rings. The van der Waals surface area contributed by atoms with Gasteiger partial charge in [-0.25, -0.2) is 4.68 Å². The molecule has 0 bridgehead atoms. The number of carbonyl (C=O) groups is 1. The molecule has 156 valence electrons. The number of tetrazole rings is 1. The molecule has 4 rings (SSSR count). The van der Waals surface area contributed by atoms with Crippen LogP contribution in [0.3, 0.4) is 0 Å². The van der Waals surface area contributed by atoms with Crippen LogP contribution in [0.25, 0.3) is 5.69 Å². The molecular weight excluding hydrogens is 386 g/mol. The number of methoxy groups -OCH3 is 2. The molecular formula is C21H23N5O4. The highest BCUT2D eigenvalue weighted by Crippen LogP contribution is 2.39. The van der Waals surface area contributed by atoms with Gasteiger partial charge in [-0.2, -0.15) is 0 Å². The summed E-state index contributed by atoms with van der Waals surface area (Å²) in [5.74, 6) is 1.98. The lowest BCUT2D eigenvalue weighted by Gasteiger charge is -2.26. The van der Waals surface area contributed by atoms with Crippen molar-refractivity contribution in [1.82, 2.24) is 25.1 Å². The zero-order valence-electron chi connectivity index (χ0n) is 16.9. The van der Waals surface area contributed by atoms with Crippen LogP contribution < -0.4 is 14.2 Å². The average Bonchev–Trinajstić information content (AvgIpc) is 3.49. The van der Waals surface area contributed by atoms with Gasteiger partial charge in [-0.15, -0.1) is 5.10 Å². The summed E-state index contributed by atoms with van der Waals surface area (Å²) in [6, 6.07) is 12.9. The van der Waals surface area contributed by atoms with Crippen LogP contribution in [0.1, 0.15) is 24.4 Å². The minimum absolute atomic E-state index is 0.0537. The smallest absolute Gasteiger partial charge is 0.261 e. The normalized spacial score (nSPS) is 15.8. The fourth-order valence-corrected chi connectivity index (χ4v) is 3.71. The van der Waals surface area contributed by atoms with Gasteiger partial charge in [0.05, 0.1) is 25.9 Å². The molecule has 1 aromatic heterocycles. The van der Waals surface area contributed by atoms with Crippen LogP contribution >= 0.6 is 0 Å². The molecule has 0 radical (unpaired) electrons. The Morgan fingerprint density at radius 3 is 2.80 bits per heavy atom. The summed E-state index contributed by atoms with van der Waals surface area (Å²) in [5, 5.41) is 11.1. The van der Waals surface area contributed by atoms with E-state index in [0.717, 1.165) is 35.6 Å². The van der Waals surface area contributed by atoms with E-state index in [1.165, 1.54) is 11.0 Å². The Balaban J connectivity index is 1.47. The molecule has 2 aromatic carbocycles. The van der Waals surface area contributed by atoms with Crippen LogP contribution in [0.15, 0.2) is 48.8 Å². The predicted octanol–water partition coefficient (Wildman–Crippen LogP) is 2.42. The Hall–Kier alpha value is -3.62. The monoisotopic (exact) mass is 409 g/mol. The Bertz CT molecular complexity index is 1010. The van der Waals surface area contributed by atoms with Crippen molar-refractivity contribution < 1.29 is 19.0 Å². The number of rotatable bonds is 7. The molecule has 1 aliphatic rings. The lowest BCUT2D eigenvalue weighted by Crippen LogP contribution is -2.34. The van der Waals surface area contributed by atoms with E-state index in [0.29, 0.717) is 12.3 Å². The number of ether oxygens (including phenoxy) is 3. The molecule has 0 spiro atoms. The number of nitrogens with zero attached hydrogens (tertiary/aromatic N) is 5. The van der Waals surface area contributed by atoms with Crippen molar-refractivity contribution in [2.75, 3.05) is 27.4 Å². The number of likely N-dealkylation sites (tertiary alicyclic amines) is 1. The van der Waals surface area contributed by atoms with E-state index in [2.05, 4.69) is 15.5 Å². The Morgan fingerprint density at radius 2 is 2.03 bits per heavy atom. The maximum Gasteiger partial charge on any atom is 0.261 e. The zero-order chi connectivity index (χ0) is 20.9. The molecule has 1 fully saturated rings. The molecule has 30 heavy (non-hydrogen) atoms. The molecule has 9 nitrogen and oxygen atoms in total. The zero-order valence-corrected chi connectivity index (χ0v) is 16.9. The third-order valence-corrected chi connectivity index (χ3v) is 5.16. The van der Waals surface area contributed by atoms with Crippen LogP contribution in [0, 0.1) is 0 Å². The minimum Gasteiger partial charge on any atom is -0.497 e. The van der Waals surface area contributed by atoms with Crippen molar-refractivity contribution in [3.63, 3.8) is 0 Å². The summed E-state index contributed by atoms with van der Waals surface area (Å²) in [6.45, 7) is 0.625. The molecule has 0 saturated carbocycles. The van der Waals surface area contributed by atoms with Crippen molar-refractivity contribution in [2.24, 2.45) is 0 Å². The third kappa shape index (κ3) is 4.05. The van der Waals surface area contributed by atoms with Crippen LogP contribution in [-0.4, -0.2) is 58.4 Å². The van der Waals surface area contributed by atoms with E-state index in [-0.39, 0.29) is 18.6 Å². The van der Waals surface area contributed by atoms with Gasteiger partial charge in [0, 0.05) is 18.2 Å². The summed E-state index contributed by atoms with van der Waals surface area (Å²) < 4.78 is 18.2. The van der Waals surface area contributed by atoms with Gasteiger partial charge < -0.3 is 19.1 Å². The lowest BCUT2D eigenvalue weighted by atomic mass is 10.0. The maximum absolute atomic E-state index is 13.0. The summed E-state index contributed by atoms with van der Waals surface area (Å²) in [5.41, 5.74) is 1.70. The first-order valence-corrected chi connectivity index (χ1v) is 9.67. The molecule has 0 aliphatic carbocycles. The second kappa shape index (κ2) is 8.81. The van der Waals surface area contributed by atoms with E-state index in [4.69, 9.17) is 14.2 Å². The second-order valence-electron chi connectivity index (χ2n) is 6.89. The molecule has 1 aliphatic heterocycles. The SMILES string of the molecule is COc1ccc(OC)c([C@@H]2CCCN2C(=O)COc2cccc(-n3cnnn3)c2)c1. The van der Waals surface area contributed by atoms with Gasteiger partial charge in [0.25, 0.3) is 5.91 Å². The van der Waals surface area contributed by atoms with Gasteiger partial charge in [0.15, 0.2) is 6.61 Å². The van der Waals surface area contributed by atoms with Crippen LogP contribution in [0.4, 0.5) is 0 Å². The molecule has 2 heterocycles. The fourth-order valence-electron chi connectivity index (χ4n) is 3.71. The van der Waals surface area contributed by atoms with Crippen LogP contribution in [0.5, 0.6) is 17.2 Å². The third-order valence-electron chi connectivity index (χ3n) is 5.16. The fraction of sp³-hybridized carbons (Fsp3) is 0.333. The number of aromatic nitrogens is 4. The first kappa shape index (κ1) is 19.7. The van der Waals surface area contributed by atoms with E-state index >= 15 is 0 Å². The molecule has 1 saturated heterocycles. The summed E-state index contributed by atoms with van der Waals surface area (Å²) >= 11 is 0. The van der Waals surface area contributed by atoms with Crippen molar-refractivity contribution in [1.29, 1.82) is 0 Å². The van der Waals surface area contributed by atoms with E-state index in [1.54, 1.807) is 26.4 Å². The summed E-state index contributed by atoms with van der Waals surface area (Å²) in [6.07, 6.45) is 3.29. The maximum atomic E-state index is 13.0. The molecule has 9 heteroatoms. The van der Waals surface area contributed by atoms with E-state index in [1.807, 2.05) is 35.2 Å². The Morgan fingerprint density at radius 1 is 1.13 bits per heavy atom. The highest BCUT2D eigenvalue weighted by atomic mass is 16.5. The summed E-state index contributed by atoms with van der Waals surface area (Å²) in [7, 11) is 3.26. The van der Waals surface area contributed by atoms with Gasteiger partial charge in [0.1, 0.15) is 23.6 Å². The summed E-state index contributed by atoms with van der Waals surface area (Å²) in [4.78, 5) is 14.8. The first-order valence-electron chi connectivity index (χ1n) is 9.67. The molecule has 1 atom stereocenters. The molecule has 0 unspecified atom stereocenters. The highest BCUT2D eigenvalue weighted by molar-refractivity contribution is 5.78. The Labute approximate surface area is 174 Å². The number of amides is 1. The van der Waals surface area contributed by atoms with Crippen molar-refractivity contribution in [3.8, 4) is 22.9 Å².